The summed E-state index contributed by atoms with van der Waals surface area (Å²) in [4.78, 5) is 6.58. The molecule has 0 fully saturated rings. The molecule has 0 unspecified atom stereocenters. The number of hydrogen-bond acceptors (Lipinski definition) is 2. The summed E-state index contributed by atoms with van der Waals surface area (Å²) in [6, 6.07) is 4.02. The van der Waals surface area contributed by atoms with Crippen LogP contribution in [0.4, 0.5) is 0 Å². The van der Waals surface area contributed by atoms with Crippen LogP contribution < -0.4 is 11.5 Å². The maximum atomic E-state index is 6.17. The minimum Gasteiger partial charge on any atom is -0.357 e. The van der Waals surface area contributed by atoms with Gasteiger partial charge in [0, 0.05) is 22.5 Å². The molecule has 0 saturated heterocycles. The first-order valence-corrected chi connectivity index (χ1v) is 4.98. The van der Waals surface area contributed by atoms with Gasteiger partial charge in [0.2, 0.25) is 0 Å². The van der Waals surface area contributed by atoms with Crippen molar-refractivity contribution >= 4 is 0 Å². The summed E-state index contributed by atoms with van der Waals surface area (Å²) < 4.78 is 0. The van der Waals surface area contributed by atoms with Crippen LogP contribution in [0.15, 0.2) is 12.1 Å². The van der Waals surface area contributed by atoms with Crippen LogP contribution in [0.2, 0.25) is 0 Å². The minimum absolute atomic E-state index is 0.861. The molecule has 4 nitrogen and oxygen atoms in total. The molecule has 0 spiro atoms. The number of aryl methyl sites for hydroxylation is 2. The fourth-order valence-electron chi connectivity index (χ4n) is 2.37. The lowest BCUT2D eigenvalue weighted by Gasteiger charge is -2.18. The summed E-state index contributed by atoms with van der Waals surface area (Å²) in [6.45, 7) is 4.01. The van der Waals surface area contributed by atoms with E-state index in [-0.39, 0.29) is 0 Å². The Morgan fingerprint density at radius 2 is 1.33 bits per heavy atom. The number of rotatable bonds is 0. The molecule has 0 aliphatic heterocycles. The van der Waals surface area contributed by atoms with Gasteiger partial charge < -0.3 is 21.4 Å². The van der Waals surface area contributed by atoms with Gasteiger partial charge >= 0.3 is 0 Å². The summed E-state index contributed by atoms with van der Waals surface area (Å²) in [5, 5.41) is 0. The van der Waals surface area contributed by atoms with Crippen molar-refractivity contribution in [2.45, 2.75) is 19.5 Å². The Kier molecular flexibility index (Phi) is 1.37. The van der Waals surface area contributed by atoms with Crippen LogP contribution in [0.1, 0.15) is 22.5 Å². The van der Waals surface area contributed by atoms with Crippen LogP contribution in [-0.4, -0.2) is 9.97 Å². The average Bonchev–Trinajstić information content (AvgIpc) is 2.72. The lowest BCUT2D eigenvalue weighted by molar-refractivity contribution is 0.585. The van der Waals surface area contributed by atoms with E-state index in [1.807, 2.05) is 26.0 Å². The molecule has 0 radical (unpaired) electrons. The van der Waals surface area contributed by atoms with Gasteiger partial charge in [-0.2, -0.15) is 0 Å². The highest BCUT2D eigenvalue weighted by atomic mass is 15.0. The normalized spacial score (nSPS) is 16.5. The van der Waals surface area contributed by atoms with Crippen LogP contribution in [0.5, 0.6) is 0 Å². The molecular formula is C11H14N4. The molecule has 4 heteroatoms. The second kappa shape index (κ2) is 2.35. The number of nitrogens with one attached hydrogen (secondary N) is 2. The number of H-pyrrole nitrogens is 2. The Morgan fingerprint density at radius 1 is 0.933 bits per heavy atom. The van der Waals surface area contributed by atoms with Crippen molar-refractivity contribution in [3.8, 4) is 11.4 Å². The molecule has 0 amide bonds. The maximum absolute atomic E-state index is 6.17. The summed E-state index contributed by atoms with van der Waals surface area (Å²) in [6.07, 6.45) is 0. The van der Waals surface area contributed by atoms with Gasteiger partial charge in [-0.25, -0.2) is 0 Å². The predicted octanol–water partition coefficient (Wildman–Crippen LogP) is 1.06. The fraction of sp³-hybridized carbons (Fsp3) is 0.273. The van der Waals surface area contributed by atoms with Gasteiger partial charge in [0.15, 0.2) is 0 Å². The van der Waals surface area contributed by atoms with Crippen molar-refractivity contribution in [1.29, 1.82) is 0 Å². The van der Waals surface area contributed by atoms with Crippen molar-refractivity contribution in [3.63, 3.8) is 0 Å². The Morgan fingerprint density at radius 3 is 1.73 bits per heavy atom. The molecule has 2 aromatic rings. The third kappa shape index (κ3) is 0.926. The summed E-state index contributed by atoms with van der Waals surface area (Å²) in [5.74, 6) is 0. The van der Waals surface area contributed by atoms with Gasteiger partial charge in [0.25, 0.3) is 0 Å². The van der Waals surface area contributed by atoms with E-state index in [0.717, 1.165) is 33.9 Å². The zero-order valence-corrected chi connectivity index (χ0v) is 8.81. The molecule has 2 heterocycles. The van der Waals surface area contributed by atoms with Crippen molar-refractivity contribution in [1.82, 2.24) is 9.97 Å². The van der Waals surface area contributed by atoms with Crippen LogP contribution >= 0.6 is 0 Å². The van der Waals surface area contributed by atoms with Crippen molar-refractivity contribution < 1.29 is 0 Å². The van der Waals surface area contributed by atoms with Crippen molar-refractivity contribution in [3.05, 3.63) is 34.6 Å². The van der Waals surface area contributed by atoms with E-state index in [2.05, 4.69) is 9.97 Å². The molecule has 0 saturated carbocycles. The largest absolute Gasteiger partial charge is 0.357 e. The minimum atomic E-state index is -0.861. The molecule has 0 bridgehead atoms. The molecule has 2 aromatic heterocycles. The van der Waals surface area contributed by atoms with E-state index in [1.54, 1.807) is 0 Å². The standard InChI is InChI=1S/C11H14N4/c1-5-3-7-9(14-5)10-8(11(7,12)13)4-6(2)15-10/h3-4,14-15H,12-13H2,1-2H3. The van der Waals surface area contributed by atoms with E-state index in [0.29, 0.717) is 0 Å². The van der Waals surface area contributed by atoms with Crippen LogP contribution in [0.3, 0.4) is 0 Å². The number of aromatic amines is 2. The third-order valence-corrected chi connectivity index (χ3v) is 3.05. The predicted molar refractivity (Wildman–Crippen MR) is 59.2 cm³/mol. The Balaban J connectivity index is 2.38. The smallest absolute Gasteiger partial charge is 0.121 e. The lowest BCUT2D eigenvalue weighted by Crippen LogP contribution is -2.44. The molecule has 78 valence electrons. The van der Waals surface area contributed by atoms with Crippen molar-refractivity contribution in [2.75, 3.05) is 0 Å². The molecule has 1 aliphatic rings. The number of hydrogen-bond donors (Lipinski definition) is 4. The first-order valence-electron chi connectivity index (χ1n) is 4.98. The molecule has 3 rings (SSSR count). The lowest BCUT2D eigenvalue weighted by atomic mass is 10.0. The molecule has 1 aliphatic carbocycles. The molecule has 15 heavy (non-hydrogen) atoms. The topological polar surface area (TPSA) is 83.6 Å². The van der Waals surface area contributed by atoms with E-state index in [1.165, 1.54) is 0 Å². The van der Waals surface area contributed by atoms with Gasteiger partial charge in [-0.05, 0) is 26.0 Å². The maximum Gasteiger partial charge on any atom is 0.121 e. The Labute approximate surface area is 87.7 Å². The SMILES string of the molecule is Cc1cc2c([nH]1)-c1[nH]c(C)cc1C2(N)N. The van der Waals surface area contributed by atoms with E-state index in [9.17, 15) is 0 Å². The highest BCUT2D eigenvalue weighted by Gasteiger charge is 2.39. The van der Waals surface area contributed by atoms with Crippen molar-refractivity contribution in [2.24, 2.45) is 11.5 Å². The van der Waals surface area contributed by atoms with Gasteiger partial charge in [0.05, 0.1) is 11.4 Å². The molecule has 0 atom stereocenters. The molecule has 0 aromatic carbocycles. The second-order valence-corrected chi connectivity index (χ2v) is 4.35. The van der Waals surface area contributed by atoms with Gasteiger partial charge in [-0.15, -0.1) is 0 Å². The van der Waals surface area contributed by atoms with Crippen LogP contribution in [-0.2, 0) is 5.66 Å². The van der Waals surface area contributed by atoms with Crippen LogP contribution in [0, 0.1) is 13.8 Å². The highest BCUT2D eigenvalue weighted by Crippen LogP contribution is 2.43. The molecular weight excluding hydrogens is 188 g/mol. The zero-order valence-electron chi connectivity index (χ0n) is 8.81. The van der Waals surface area contributed by atoms with Crippen LogP contribution in [0.25, 0.3) is 11.4 Å². The average molecular weight is 202 g/mol. The quantitative estimate of drug-likeness (QED) is 0.482. The highest BCUT2D eigenvalue weighted by molar-refractivity contribution is 5.76. The van der Waals surface area contributed by atoms with Gasteiger partial charge in [0.1, 0.15) is 5.66 Å². The third-order valence-electron chi connectivity index (χ3n) is 3.05. The Hall–Kier alpha value is -1.52. The fourth-order valence-corrected chi connectivity index (χ4v) is 2.37. The number of fused-ring (bicyclic) bond motifs is 3. The second-order valence-electron chi connectivity index (χ2n) is 4.35. The first kappa shape index (κ1) is 8.76. The Bertz CT molecular complexity index is 497. The summed E-state index contributed by atoms with van der Waals surface area (Å²) in [5.41, 5.74) is 17.6. The van der Waals surface area contributed by atoms with Gasteiger partial charge in [-0.1, -0.05) is 0 Å². The monoisotopic (exact) mass is 202 g/mol. The number of aromatic nitrogens is 2. The zero-order chi connectivity index (χ0) is 10.8. The molecule has 6 N–H and O–H groups in total. The van der Waals surface area contributed by atoms with E-state index >= 15 is 0 Å². The number of nitrogens with two attached hydrogens (primary N) is 2. The van der Waals surface area contributed by atoms with Gasteiger partial charge in [-0.3, -0.25) is 0 Å². The first-order chi connectivity index (χ1) is 7.00. The summed E-state index contributed by atoms with van der Waals surface area (Å²) >= 11 is 0. The van der Waals surface area contributed by atoms with E-state index < -0.39 is 5.66 Å². The van der Waals surface area contributed by atoms with E-state index in [4.69, 9.17) is 11.5 Å². The summed E-state index contributed by atoms with van der Waals surface area (Å²) in [7, 11) is 0.